The summed E-state index contributed by atoms with van der Waals surface area (Å²) in [4.78, 5) is 40.1. The summed E-state index contributed by atoms with van der Waals surface area (Å²) < 4.78 is 5.25. The van der Waals surface area contributed by atoms with E-state index in [0.29, 0.717) is 17.7 Å². The summed E-state index contributed by atoms with van der Waals surface area (Å²) in [7, 11) is 0. The van der Waals surface area contributed by atoms with Crippen molar-refractivity contribution in [3.63, 3.8) is 0 Å². The Morgan fingerprint density at radius 3 is 2.50 bits per heavy atom. The molecule has 3 amide bonds. The van der Waals surface area contributed by atoms with E-state index in [-0.39, 0.29) is 12.5 Å². The fourth-order valence-electron chi connectivity index (χ4n) is 3.06. The Hall–Kier alpha value is -3.27. The molecule has 174 valence electrons. The van der Waals surface area contributed by atoms with Crippen LogP contribution in [0.3, 0.4) is 0 Å². The van der Waals surface area contributed by atoms with E-state index in [4.69, 9.17) is 11.2 Å². The predicted octanol–water partition coefficient (Wildman–Crippen LogP) is 3.55. The van der Waals surface area contributed by atoms with Crippen molar-refractivity contribution >= 4 is 17.9 Å². The molecule has 0 radical (unpaired) electrons. The van der Waals surface area contributed by atoms with Crippen LogP contribution in [0.4, 0.5) is 4.79 Å². The molecule has 0 saturated carbocycles. The minimum Gasteiger partial charge on any atom is -0.444 e. The number of terminal acetylenes is 1. The van der Waals surface area contributed by atoms with Gasteiger partial charge >= 0.3 is 6.09 Å². The average molecular weight is 442 g/mol. The van der Waals surface area contributed by atoms with Gasteiger partial charge in [0.1, 0.15) is 17.7 Å². The van der Waals surface area contributed by atoms with Crippen LogP contribution in [-0.2, 0) is 14.3 Å². The Balaban J connectivity index is 3.29. The molecule has 2 atom stereocenters. The van der Waals surface area contributed by atoms with Crippen molar-refractivity contribution in [3.8, 4) is 12.3 Å². The number of unbranched alkanes of at least 4 members (excludes halogenated alkanes) is 1. The van der Waals surface area contributed by atoms with E-state index in [0.717, 1.165) is 12.8 Å². The molecule has 1 aromatic rings. The van der Waals surface area contributed by atoms with Gasteiger partial charge in [-0.1, -0.05) is 43.5 Å². The van der Waals surface area contributed by atoms with E-state index in [1.165, 1.54) is 11.0 Å². The molecule has 0 heterocycles. The highest BCUT2D eigenvalue weighted by molar-refractivity contribution is 5.92. The van der Waals surface area contributed by atoms with Crippen LogP contribution in [-0.4, -0.2) is 47.5 Å². The van der Waals surface area contributed by atoms with Gasteiger partial charge in [-0.05, 0) is 45.7 Å². The molecule has 0 spiro atoms. The molecule has 7 heteroatoms. The lowest BCUT2D eigenvalue weighted by Crippen LogP contribution is -2.52. The van der Waals surface area contributed by atoms with Crippen molar-refractivity contribution in [2.45, 2.75) is 65.1 Å². The van der Waals surface area contributed by atoms with Crippen LogP contribution in [0.25, 0.3) is 0 Å². The van der Waals surface area contributed by atoms with Crippen molar-refractivity contribution in [2.24, 2.45) is 0 Å². The molecule has 0 bridgehead atoms. The lowest BCUT2D eigenvalue weighted by Gasteiger charge is -2.33. The normalized spacial score (nSPS) is 12.6. The largest absolute Gasteiger partial charge is 0.444 e. The first-order chi connectivity index (χ1) is 15.1. The maximum absolute atomic E-state index is 13.4. The first-order valence-electron chi connectivity index (χ1n) is 10.8. The smallest absolute Gasteiger partial charge is 0.408 e. The number of benzene rings is 1. The van der Waals surface area contributed by atoms with E-state index in [2.05, 4.69) is 23.1 Å². The molecule has 2 unspecified atom stereocenters. The zero-order valence-corrected chi connectivity index (χ0v) is 19.7. The summed E-state index contributed by atoms with van der Waals surface area (Å²) >= 11 is 0. The maximum Gasteiger partial charge on any atom is 0.408 e. The van der Waals surface area contributed by atoms with Gasteiger partial charge in [0.05, 0.1) is 0 Å². The molecule has 0 aromatic heterocycles. The molecule has 7 nitrogen and oxygen atoms in total. The number of ether oxygens (including phenoxy) is 1. The van der Waals surface area contributed by atoms with Crippen molar-refractivity contribution in [2.75, 3.05) is 13.1 Å². The SMILES string of the molecule is C#Cc1ccccc1C(C(=O)NCCCC)N(CC=C)C(=O)C(C)NC(=O)OC(C)(C)C. The molecule has 0 aliphatic carbocycles. The van der Waals surface area contributed by atoms with Crippen LogP contribution in [0, 0.1) is 12.3 Å². The highest BCUT2D eigenvalue weighted by Gasteiger charge is 2.35. The fourth-order valence-corrected chi connectivity index (χ4v) is 3.06. The lowest BCUT2D eigenvalue weighted by molar-refractivity contribution is -0.141. The monoisotopic (exact) mass is 441 g/mol. The first-order valence-corrected chi connectivity index (χ1v) is 10.8. The molecule has 1 aromatic carbocycles. The van der Waals surface area contributed by atoms with Crippen molar-refractivity contribution < 1.29 is 19.1 Å². The molecule has 1 rings (SSSR count). The number of amides is 3. The van der Waals surface area contributed by atoms with Gasteiger partial charge in [0.15, 0.2) is 0 Å². The van der Waals surface area contributed by atoms with Crippen LogP contribution in [0.2, 0.25) is 0 Å². The number of carbonyl (C=O) groups is 3. The summed E-state index contributed by atoms with van der Waals surface area (Å²) in [6.45, 7) is 13.1. The third kappa shape index (κ3) is 8.10. The van der Waals surface area contributed by atoms with Gasteiger partial charge < -0.3 is 20.3 Å². The molecule has 32 heavy (non-hydrogen) atoms. The van der Waals surface area contributed by atoms with Gasteiger partial charge in [0.2, 0.25) is 11.8 Å². The number of nitrogens with zero attached hydrogens (tertiary/aromatic N) is 1. The van der Waals surface area contributed by atoms with E-state index in [1.54, 1.807) is 52.0 Å². The van der Waals surface area contributed by atoms with E-state index < -0.39 is 29.7 Å². The lowest BCUT2D eigenvalue weighted by atomic mass is 9.97. The molecule has 0 saturated heterocycles. The number of hydrogen-bond donors (Lipinski definition) is 2. The molecule has 0 fully saturated rings. The van der Waals surface area contributed by atoms with Crippen molar-refractivity contribution in [1.29, 1.82) is 0 Å². The average Bonchev–Trinajstić information content (AvgIpc) is 2.71. The topological polar surface area (TPSA) is 87.7 Å². The molecule has 2 N–H and O–H groups in total. The van der Waals surface area contributed by atoms with Gasteiger partial charge in [0, 0.05) is 18.7 Å². The second-order valence-electron chi connectivity index (χ2n) is 8.43. The molecular formula is C25H35N3O4. The highest BCUT2D eigenvalue weighted by Crippen LogP contribution is 2.25. The number of alkyl carbamates (subject to hydrolysis) is 1. The summed E-state index contributed by atoms with van der Waals surface area (Å²) in [5.74, 6) is 1.78. The van der Waals surface area contributed by atoms with Crippen LogP contribution < -0.4 is 10.6 Å². The Kier molecular flexibility index (Phi) is 10.5. The van der Waals surface area contributed by atoms with Gasteiger partial charge in [-0.2, -0.15) is 0 Å². The Labute approximate surface area is 191 Å². The zero-order valence-electron chi connectivity index (χ0n) is 19.7. The molecule has 0 aliphatic heterocycles. The standard InChI is InChI=1S/C25H35N3O4/c1-8-11-16-26-22(29)21(20-15-13-12-14-19(20)10-3)28(17-9-2)23(30)18(4)27-24(31)32-25(5,6)7/h3,9,12-15,18,21H,2,8,11,16-17H2,1,4-7H3,(H,26,29)(H,27,31). The Morgan fingerprint density at radius 2 is 1.94 bits per heavy atom. The van der Waals surface area contributed by atoms with Crippen LogP contribution >= 0.6 is 0 Å². The summed E-state index contributed by atoms with van der Waals surface area (Å²) in [5, 5.41) is 5.43. The van der Waals surface area contributed by atoms with Gasteiger partial charge in [-0.25, -0.2) is 4.79 Å². The molecule has 0 aliphatic rings. The minimum atomic E-state index is -0.979. The van der Waals surface area contributed by atoms with Gasteiger partial charge in [0.25, 0.3) is 0 Å². The van der Waals surface area contributed by atoms with Crippen molar-refractivity contribution in [1.82, 2.24) is 15.5 Å². The highest BCUT2D eigenvalue weighted by atomic mass is 16.6. The first kappa shape index (κ1) is 26.8. The van der Waals surface area contributed by atoms with Crippen LogP contribution in [0.15, 0.2) is 36.9 Å². The number of rotatable bonds is 10. The number of hydrogen-bond acceptors (Lipinski definition) is 4. The number of carbonyl (C=O) groups excluding carboxylic acids is 3. The van der Waals surface area contributed by atoms with E-state index in [1.807, 2.05) is 6.92 Å². The minimum absolute atomic E-state index is 0.0872. The van der Waals surface area contributed by atoms with Gasteiger partial charge in [-0.15, -0.1) is 13.0 Å². The molecular weight excluding hydrogens is 406 g/mol. The van der Waals surface area contributed by atoms with Crippen LogP contribution in [0.5, 0.6) is 0 Å². The van der Waals surface area contributed by atoms with Gasteiger partial charge in [-0.3, -0.25) is 9.59 Å². The van der Waals surface area contributed by atoms with E-state index >= 15 is 0 Å². The summed E-state index contributed by atoms with van der Waals surface area (Å²) in [5.41, 5.74) is 0.336. The Bertz CT molecular complexity index is 851. The second kappa shape index (κ2) is 12.6. The number of nitrogens with one attached hydrogen (secondary N) is 2. The summed E-state index contributed by atoms with van der Waals surface area (Å²) in [6, 6.07) is 5.08. The second-order valence-corrected chi connectivity index (χ2v) is 8.43. The zero-order chi connectivity index (χ0) is 24.3. The van der Waals surface area contributed by atoms with Crippen molar-refractivity contribution in [3.05, 3.63) is 48.0 Å². The third-order valence-corrected chi connectivity index (χ3v) is 4.51. The predicted molar refractivity (Wildman–Crippen MR) is 126 cm³/mol. The summed E-state index contributed by atoms with van der Waals surface area (Å²) in [6.07, 6.45) is 8.20. The van der Waals surface area contributed by atoms with E-state index in [9.17, 15) is 14.4 Å². The fraction of sp³-hybridized carbons (Fsp3) is 0.480. The van der Waals surface area contributed by atoms with Crippen LogP contribution in [0.1, 0.15) is 64.6 Å². The quantitative estimate of drug-likeness (QED) is 0.330. The third-order valence-electron chi connectivity index (χ3n) is 4.51. The maximum atomic E-state index is 13.4. The Morgan fingerprint density at radius 1 is 1.28 bits per heavy atom.